The number of benzene rings is 1. The van der Waals surface area contributed by atoms with E-state index in [4.69, 9.17) is 33.7 Å². The van der Waals surface area contributed by atoms with Gasteiger partial charge in [-0.05, 0) is 25.0 Å². The van der Waals surface area contributed by atoms with Gasteiger partial charge in [-0.1, -0.05) is 49.5 Å². The van der Waals surface area contributed by atoms with Crippen molar-refractivity contribution in [3.63, 3.8) is 0 Å². The van der Waals surface area contributed by atoms with E-state index in [2.05, 4.69) is 4.98 Å². The van der Waals surface area contributed by atoms with Crippen molar-refractivity contribution < 1.29 is 14.3 Å². The quantitative estimate of drug-likeness (QED) is 0.542. The van der Waals surface area contributed by atoms with Crippen LogP contribution in [0, 0.1) is 0 Å². The molecule has 0 bridgehead atoms. The van der Waals surface area contributed by atoms with Gasteiger partial charge in [-0.3, -0.25) is 19.1 Å². The van der Waals surface area contributed by atoms with Gasteiger partial charge in [0.15, 0.2) is 12.3 Å². The minimum Gasteiger partial charge on any atom is -0.452 e. The fraction of sp³-hybridized carbons (Fsp3) is 0.400. The lowest BCUT2D eigenvalue weighted by molar-refractivity contribution is -0.121. The predicted octanol–water partition coefficient (Wildman–Crippen LogP) is 2.83. The maximum Gasteiger partial charge on any atom is 0.340 e. The van der Waals surface area contributed by atoms with Gasteiger partial charge in [-0.15, -0.1) is 0 Å². The number of aromatic amines is 1. The number of unbranched alkanes of at least 4 members (excludes halogenated alkanes) is 1. The second-order valence-electron chi connectivity index (χ2n) is 6.72. The molecule has 3 N–H and O–H groups in total. The number of amides is 1. The van der Waals surface area contributed by atoms with Crippen molar-refractivity contribution in [1.29, 1.82) is 0 Å². The van der Waals surface area contributed by atoms with Crippen LogP contribution in [-0.4, -0.2) is 34.6 Å². The summed E-state index contributed by atoms with van der Waals surface area (Å²) >= 11 is 11.9. The SMILES string of the molecule is CCCCN(C(=O)COC(=O)c1cccc(Cl)c1Cl)c1c(N)n(CCC)c(=O)[nH]c1=O. The first-order valence-corrected chi connectivity index (χ1v) is 10.5. The highest BCUT2D eigenvalue weighted by molar-refractivity contribution is 6.43. The van der Waals surface area contributed by atoms with Crippen LogP contribution in [0.15, 0.2) is 27.8 Å². The Morgan fingerprint density at radius 1 is 1.19 bits per heavy atom. The van der Waals surface area contributed by atoms with E-state index in [1.807, 2.05) is 13.8 Å². The highest BCUT2D eigenvalue weighted by atomic mass is 35.5. The fourth-order valence-electron chi connectivity index (χ4n) is 2.91. The second-order valence-corrected chi connectivity index (χ2v) is 7.51. The number of halogens is 2. The maximum absolute atomic E-state index is 12.9. The summed E-state index contributed by atoms with van der Waals surface area (Å²) in [4.78, 5) is 53.1. The number of hydrogen-bond acceptors (Lipinski definition) is 6. The number of esters is 1. The first-order valence-electron chi connectivity index (χ1n) is 9.76. The van der Waals surface area contributed by atoms with E-state index in [0.29, 0.717) is 12.8 Å². The van der Waals surface area contributed by atoms with E-state index < -0.39 is 29.7 Å². The summed E-state index contributed by atoms with van der Waals surface area (Å²) in [6.07, 6.45) is 1.89. The summed E-state index contributed by atoms with van der Waals surface area (Å²) in [6.45, 7) is 3.53. The van der Waals surface area contributed by atoms with Crippen molar-refractivity contribution in [2.24, 2.45) is 0 Å². The molecule has 0 unspecified atom stereocenters. The second kappa shape index (κ2) is 11.0. The molecule has 9 nitrogen and oxygen atoms in total. The average Bonchev–Trinajstić information content (AvgIpc) is 2.73. The molecule has 168 valence electrons. The molecule has 0 saturated heterocycles. The van der Waals surface area contributed by atoms with Crippen molar-refractivity contribution in [1.82, 2.24) is 9.55 Å². The Hall–Kier alpha value is -2.78. The van der Waals surface area contributed by atoms with Crippen molar-refractivity contribution >= 4 is 46.6 Å². The molecule has 0 atom stereocenters. The number of nitrogen functional groups attached to an aromatic ring is 1. The molecular formula is C20H24Cl2N4O5. The van der Waals surface area contributed by atoms with Crippen molar-refractivity contribution in [2.45, 2.75) is 39.7 Å². The molecule has 0 aliphatic carbocycles. The van der Waals surface area contributed by atoms with Crippen molar-refractivity contribution in [3.8, 4) is 0 Å². The van der Waals surface area contributed by atoms with Crippen LogP contribution in [0.5, 0.6) is 0 Å². The molecule has 0 aliphatic heterocycles. The third kappa shape index (κ3) is 5.68. The zero-order valence-corrected chi connectivity index (χ0v) is 18.8. The molecular weight excluding hydrogens is 447 g/mol. The number of nitrogens with zero attached hydrogens (tertiary/aromatic N) is 2. The summed E-state index contributed by atoms with van der Waals surface area (Å²) < 4.78 is 6.29. The Balaban J connectivity index is 2.32. The first-order chi connectivity index (χ1) is 14.7. The highest BCUT2D eigenvalue weighted by Crippen LogP contribution is 2.26. The van der Waals surface area contributed by atoms with Gasteiger partial charge < -0.3 is 15.4 Å². The number of carbonyl (C=O) groups excluding carboxylic acids is 2. The zero-order valence-electron chi connectivity index (χ0n) is 17.2. The van der Waals surface area contributed by atoms with Crippen LogP contribution >= 0.6 is 23.2 Å². The number of nitrogens with one attached hydrogen (secondary N) is 1. The van der Waals surface area contributed by atoms with Gasteiger partial charge in [0.2, 0.25) is 0 Å². The molecule has 0 fully saturated rings. The molecule has 11 heteroatoms. The predicted molar refractivity (Wildman–Crippen MR) is 120 cm³/mol. The lowest BCUT2D eigenvalue weighted by Crippen LogP contribution is -2.43. The monoisotopic (exact) mass is 470 g/mol. The molecule has 0 saturated carbocycles. The lowest BCUT2D eigenvalue weighted by atomic mass is 10.2. The van der Waals surface area contributed by atoms with Crippen LogP contribution < -0.4 is 21.9 Å². The highest BCUT2D eigenvalue weighted by Gasteiger charge is 2.25. The zero-order chi connectivity index (χ0) is 23.1. The smallest absolute Gasteiger partial charge is 0.340 e. The fourth-order valence-corrected chi connectivity index (χ4v) is 3.28. The van der Waals surface area contributed by atoms with E-state index >= 15 is 0 Å². The Labute approximate surface area is 188 Å². The molecule has 2 rings (SSSR count). The molecule has 0 radical (unpaired) electrons. The van der Waals surface area contributed by atoms with E-state index in [0.717, 1.165) is 11.3 Å². The molecule has 1 amide bonds. The van der Waals surface area contributed by atoms with Crippen LogP contribution in [0.1, 0.15) is 43.5 Å². The van der Waals surface area contributed by atoms with Crippen molar-refractivity contribution in [2.75, 3.05) is 23.8 Å². The Bertz CT molecular complexity index is 1080. The summed E-state index contributed by atoms with van der Waals surface area (Å²) in [5.74, 6) is -1.63. The summed E-state index contributed by atoms with van der Waals surface area (Å²) in [6, 6.07) is 4.45. The number of ether oxygens (including phenoxy) is 1. The van der Waals surface area contributed by atoms with Gasteiger partial charge in [-0.25, -0.2) is 9.59 Å². The molecule has 0 spiro atoms. The number of rotatable bonds is 9. The van der Waals surface area contributed by atoms with Gasteiger partial charge in [0.25, 0.3) is 11.5 Å². The van der Waals surface area contributed by atoms with E-state index in [-0.39, 0.29) is 40.2 Å². The van der Waals surface area contributed by atoms with E-state index in [1.165, 1.54) is 22.8 Å². The molecule has 1 aromatic heterocycles. The first kappa shape index (κ1) is 24.5. The van der Waals surface area contributed by atoms with Gasteiger partial charge in [0.1, 0.15) is 5.82 Å². The lowest BCUT2D eigenvalue weighted by Gasteiger charge is -2.24. The summed E-state index contributed by atoms with van der Waals surface area (Å²) in [5, 5.41) is 0.182. The van der Waals surface area contributed by atoms with Gasteiger partial charge in [0, 0.05) is 13.1 Å². The summed E-state index contributed by atoms with van der Waals surface area (Å²) in [7, 11) is 0. The third-order valence-corrected chi connectivity index (χ3v) is 5.28. The molecule has 1 aromatic carbocycles. The molecule has 31 heavy (non-hydrogen) atoms. The number of carbonyl (C=O) groups is 2. The number of anilines is 2. The van der Waals surface area contributed by atoms with E-state index in [9.17, 15) is 19.2 Å². The molecule has 1 heterocycles. The number of hydrogen-bond donors (Lipinski definition) is 2. The molecule has 0 aliphatic rings. The third-order valence-electron chi connectivity index (χ3n) is 4.47. The van der Waals surface area contributed by atoms with Crippen molar-refractivity contribution in [3.05, 3.63) is 54.6 Å². The van der Waals surface area contributed by atoms with Crippen LogP contribution in [0.4, 0.5) is 11.5 Å². The van der Waals surface area contributed by atoms with Gasteiger partial charge in [-0.2, -0.15) is 0 Å². The largest absolute Gasteiger partial charge is 0.452 e. The minimum atomic E-state index is -0.839. The standard InChI is InChI=1S/C20H24Cl2N4O5/c1-3-5-10-25(16-17(23)26(9-4-2)20(30)24-18(16)28)14(27)11-31-19(29)12-7-6-8-13(21)15(12)22/h6-8H,3-5,9-11,23H2,1-2H3,(H,24,28,30). The van der Waals surface area contributed by atoms with Gasteiger partial charge in [0.05, 0.1) is 15.6 Å². The van der Waals surface area contributed by atoms with E-state index in [1.54, 1.807) is 0 Å². The average molecular weight is 471 g/mol. The van der Waals surface area contributed by atoms with Crippen LogP contribution in [0.25, 0.3) is 0 Å². The number of H-pyrrole nitrogens is 1. The summed E-state index contributed by atoms with van der Waals surface area (Å²) in [5.41, 5.74) is 4.49. The van der Waals surface area contributed by atoms with Crippen LogP contribution in [0.3, 0.4) is 0 Å². The topological polar surface area (TPSA) is 127 Å². The van der Waals surface area contributed by atoms with Crippen LogP contribution in [-0.2, 0) is 16.1 Å². The number of nitrogens with two attached hydrogens (primary N) is 1. The maximum atomic E-state index is 12.9. The Morgan fingerprint density at radius 3 is 2.55 bits per heavy atom. The normalized spacial score (nSPS) is 10.7. The minimum absolute atomic E-state index is 0.0101. The molecule has 2 aromatic rings. The van der Waals surface area contributed by atoms with Gasteiger partial charge >= 0.3 is 11.7 Å². The van der Waals surface area contributed by atoms with Crippen LogP contribution in [0.2, 0.25) is 10.0 Å². The number of aromatic nitrogens is 2. The Kier molecular flexibility index (Phi) is 8.70. The Morgan fingerprint density at radius 2 is 1.90 bits per heavy atom.